The molecule has 3 rings (SSSR count). The minimum absolute atomic E-state index is 0.0540. The normalized spacial score (nSPS) is 19.0. The second-order valence-electron chi connectivity index (χ2n) is 6.79. The zero-order valence-corrected chi connectivity index (χ0v) is 14.6. The lowest BCUT2D eigenvalue weighted by Crippen LogP contribution is -2.47. The topological polar surface area (TPSA) is 52.9 Å². The Morgan fingerprint density at radius 3 is 2.43 bits per heavy atom. The number of aryl methyl sites for hydroxylation is 1. The Balaban J connectivity index is 2.08. The van der Waals surface area contributed by atoms with Crippen LogP contribution in [0.2, 0.25) is 0 Å². The van der Waals surface area contributed by atoms with Gasteiger partial charge in [0.1, 0.15) is 0 Å². The summed E-state index contributed by atoms with van der Waals surface area (Å²) in [7, 11) is 0. The van der Waals surface area contributed by atoms with Gasteiger partial charge in [0.2, 0.25) is 0 Å². The third-order valence-corrected chi connectivity index (χ3v) is 5.86. The van der Waals surface area contributed by atoms with Crippen LogP contribution in [0.5, 0.6) is 0 Å². The number of carbonyl (C=O) groups is 1. The maximum absolute atomic E-state index is 11.2. The first kappa shape index (κ1) is 16.0. The fourth-order valence-electron chi connectivity index (χ4n) is 4.57. The number of hydrogen-bond donors (Lipinski definition) is 1. The van der Waals surface area contributed by atoms with Crippen LogP contribution in [0.3, 0.4) is 0 Å². The highest BCUT2D eigenvalue weighted by Crippen LogP contribution is 2.49. The Morgan fingerprint density at radius 1 is 1.26 bits per heavy atom. The van der Waals surface area contributed by atoms with Crippen molar-refractivity contribution in [3.05, 3.63) is 28.3 Å². The Labute approximate surface area is 138 Å². The van der Waals surface area contributed by atoms with Crippen molar-refractivity contribution in [1.29, 1.82) is 0 Å². The summed E-state index contributed by atoms with van der Waals surface area (Å²) in [6.07, 6.45) is 2.96. The predicted octanol–water partition coefficient (Wildman–Crippen LogP) is 4.24. The van der Waals surface area contributed by atoms with Gasteiger partial charge in [-0.3, -0.25) is 4.99 Å². The summed E-state index contributed by atoms with van der Waals surface area (Å²) in [6.45, 7) is 9.96. The maximum atomic E-state index is 11.2. The first-order valence-corrected chi connectivity index (χ1v) is 8.64. The summed E-state index contributed by atoms with van der Waals surface area (Å²) in [5.41, 5.74) is 7.84. The summed E-state index contributed by atoms with van der Waals surface area (Å²) in [5, 5.41) is 9.23. The van der Waals surface area contributed by atoms with Gasteiger partial charge in [-0.25, -0.2) is 4.79 Å². The highest BCUT2D eigenvalue weighted by molar-refractivity contribution is 6.01. The lowest BCUT2D eigenvalue weighted by Gasteiger charge is -2.40. The molecule has 23 heavy (non-hydrogen) atoms. The van der Waals surface area contributed by atoms with Crippen molar-refractivity contribution >= 4 is 17.5 Å². The van der Waals surface area contributed by atoms with Gasteiger partial charge in [-0.15, -0.1) is 0 Å². The Bertz CT molecular complexity index is 683. The van der Waals surface area contributed by atoms with E-state index in [9.17, 15) is 9.90 Å². The van der Waals surface area contributed by atoms with Crippen molar-refractivity contribution in [2.75, 3.05) is 13.1 Å². The molecule has 0 saturated carbocycles. The van der Waals surface area contributed by atoms with E-state index in [-0.39, 0.29) is 5.41 Å². The molecule has 0 aliphatic carbocycles. The molecule has 4 heteroatoms. The zero-order valence-electron chi connectivity index (χ0n) is 14.6. The molecular weight excluding hydrogens is 288 g/mol. The number of amides is 1. The summed E-state index contributed by atoms with van der Waals surface area (Å²) in [5.74, 6) is 0. The molecule has 2 heterocycles. The molecule has 0 atom stereocenters. The minimum atomic E-state index is -0.806. The molecular formula is C19H26N2O2. The molecule has 2 aliphatic heterocycles. The van der Waals surface area contributed by atoms with E-state index in [1.54, 1.807) is 0 Å². The molecule has 1 aromatic carbocycles. The molecule has 1 amide bonds. The predicted molar refractivity (Wildman–Crippen MR) is 93.2 cm³/mol. The van der Waals surface area contributed by atoms with Crippen LogP contribution in [0.1, 0.15) is 55.9 Å². The van der Waals surface area contributed by atoms with Crippen LogP contribution in [0.15, 0.2) is 11.1 Å². The smallest absolute Gasteiger partial charge is 0.407 e. The van der Waals surface area contributed by atoms with Crippen molar-refractivity contribution in [2.45, 2.75) is 58.8 Å². The van der Waals surface area contributed by atoms with Gasteiger partial charge in [-0.1, -0.05) is 13.8 Å². The molecule has 1 fully saturated rings. The van der Waals surface area contributed by atoms with Gasteiger partial charge in [-0.2, -0.15) is 0 Å². The van der Waals surface area contributed by atoms with Gasteiger partial charge in [0, 0.05) is 24.2 Å². The lowest BCUT2D eigenvalue weighted by molar-refractivity contribution is 0.127. The molecule has 2 aliphatic rings. The number of likely N-dealkylation sites (tertiary alicyclic amines) is 1. The molecule has 0 bridgehead atoms. The quantitative estimate of drug-likeness (QED) is 0.887. The van der Waals surface area contributed by atoms with Crippen LogP contribution < -0.4 is 0 Å². The van der Waals surface area contributed by atoms with E-state index >= 15 is 0 Å². The number of fused-ring (bicyclic) bond motifs is 2. The van der Waals surface area contributed by atoms with E-state index in [4.69, 9.17) is 4.99 Å². The second kappa shape index (κ2) is 5.66. The van der Waals surface area contributed by atoms with Crippen LogP contribution in [0.4, 0.5) is 10.5 Å². The fraction of sp³-hybridized carbons (Fsp3) is 0.579. The van der Waals surface area contributed by atoms with E-state index in [0.29, 0.717) is 13.1 Å². The van der Waals surface area contributed by atoms with Crippen molar-refractivity contribution in [2.24, 2.45) is 4.99 Å². The van der Waals surface area contributed by atoms with E-state index in [1.165, 1.54) is 27.2 Å². The molecule has 1 spiro atoms. The summed E-state index contributed by atoms with van der Waals surface area (Å²) in [6, 6.07) is 2.27. The Morgan fingerprint density at radius 2 is 1.91 bits per heavy atom. The third-order valence-electron chi connectivity index (χ3n) is 5.86. The number of benzene rings is 1. The van der Waals surface area contributed by atoms with Crippen molar-refractivity contribution < 1.29 is 9.90 Å². The number of piperidine rings is 1. The lowest BCUT2D eigenvalue weighted by atomic mass is 9.68. The van der Waals surface area contributed by atoms with E-state index in [0.717, 1.165) is 37.1 Å². The van der Waals surface area contributed by atoms with Crippen LogP contribution in [-0.2, 0) is 18.3 Å². The van der Waals surface area contributed by atoms with Crippen LogP contribution in [0.25, 0.3) is 0 Å². The first-order valence-electron chi connectivity index (χ1n) is 8.64. The zero-order chi connectivity index (χ0) is 16.8. The highest BCUT2D eigenvalue weighted by atomic mass is 16.4. The first-order chi connectivity index (χ1) is 10.9. The monoisotopic (exact) mass is 314 g/mol. The van der Waals surface area contributed by atoms with Crippen molar-refractivity contribution in [1.82, 2.24) is 4.90 Å². The van der Waals surface area contributed by atoms with Gasteiger partial charge in [-0.05, 0) is 67.9 Å². The summed E-state index contributed by atoms with van der Waals surface area (Å²) < 4.78 is 0. The van der Waals surface area contributed by atoms with Gasteiger partial charge in [0.15, 0.2) is 0 Å². The molecule has 1 N–H and O–H groups in total. The van der Waals surface area contributed by atoms with Gasteiger partial charge < -0.3 is 10.0 Å². The molecule has 0 unspecified atom stereocenters. The number of rotatable bonds is 2. The maximum Gasteiger partial charge on any atom is 0.407 e. The number of nitrogens with zero attached hydrogens (tertiary/aromatic N) is 2. The molecule has 4 nitrogen and oxygen atoms in total. The molecule has 0 radical (unpaired) electrons. The van der Waals surface area contributed by atoms with E-state index in [2.05, 4.69) is 33.8 Å². The fourth-order valence-corrected chi connectivity index (χ4v) is 4.57. The van der Waals surface area contributed by atoms with Crippen molar-refractivity contribution in [3.63, 3.8) is 0 Å². The number of hydrogen-bond acceptors (Lipinski definition) is 2. The Kier molecular flexibility index (Phi) is 3.95. The Hall–Kier alpha value is -1.84. The average Bonchev–Trinajstić information content (AvgIpc) is 2.79. The number of carboxylic acid groups (broad SMARTS) is 1. The molecule has 0 aromatic heterocycles. The van der Waals surface area contributed by atoms with Gasteiger partial charge in [0.25, 0.3) is 0 Å². The molecule has 124 valence electrons. The van der Waals surface area contributed by atoms with Crippen LogP contribution >= 0.6 is 0 Å². The number of aliphatic imine (C=N–C) groups is 1. The largest absolute Gasteiger partial charge is 0.465 e. The SMILES string of the molecule is CCc1cc2c(c(C)c1CC)C1(CCN(C(=O)O)CC1)C(C)=N2. The van der Waals surface area contributed by atoms with Gasteiger partial charge >= 0.3 is 6.09 Å². The highest BCUT2D eigenvalue weighted by Gasteiger charge is 2.45. The third kappa shape index (κ3) is 2.27. The summed E-state index contributed by atoms with van der Waals surface area (Å²) in [4.78, 5) is 17.7. The molecule has 1 saturated heterocycles. The van der Waals surface area contributed by atoms with Crippen molar-refractivity contribution in [3.8, 4) is 0 Å². The average molecular weight is 314 g/mol. The van der Waals surface area contributed by atoms with Crippen LogP contribution in [-0.4, -0.2) is 34.9 Å². The standard InChI is InChI=1S/C19H26N2O2/c1-5-14-11-16-17(12(3)15(14)6-2)19(13(4)20-16)7-9-21(10-8-19)18(22)23/h11H,5-10H2,1-4H3,(H,22,23). The minimum Gasteiger partial charge on any atom is -0.465 e. The molecule has 1 aromatic rings. The van der Waals surface area contributed by atoms with E-state index in [1.807, 2.05) is 0 Å². The second-order valence-corrected chi connectivity index (χ2v) is 6.79. The van der Waals surface area contributed by atoms with Crippen LogP contribution in [0, 0.1) is 6.92 Å². The summed E-state index contributed by atoms with van der Waals surface area (Å²) >= 11 is 0. The van der Waals surface area contributed by atoms with E-state index < -0.39 is 6.09 Å². The van der Waals surface area contributed by atoms with Gasteiger partial charge in [0.05, 0.1) is 5.69 Å².